The average Bonchev–Trinajstić information content (AvgIpc) is 3.24. The molecule has 17 heavy (non-hydrogen) atoms. The van der Waals surface area contributed by atoms with Gasteiger partial charge in [-0.25, -0.2) is 0 Å². The zero-order valence-electron chi connectivity index (χ0n) is 10.6. The maximum Gasteiger partial charge on any atom is 0.0124 e. The molecule has 1 aromatic carbocycles. The van der Waals surface area contributed by atoms with E-state index in [1.54, 1.807) is 0 Å². The lowest BCUT2D eigenvalue weighted by molar-refractivity contribution is 0.414. The van der Waals surface area contributed by atoms with Crippen LogP contribution in [-0.4, -0.2) is 12.6 Å². The van der Waals surface area contributed by atoms with E-state index >= 15 is 0 Å². The highest BCUT2D eigenvalue weighted by atomic mass is 14.9. The van der Waals surface area contributed by atoms with Crippen LogP contribution in [0.4, 0.5) is 0 Å². The van der Waals surface area contributed by atoms with Crippen LogP contribution in [0.3, 0.4) is 0 Å². The Labute approximate surface area is 105 Å². The van der Waals surface area contributed by atoms with Crippen LogP contribution in [0.1, 0.15) is 37.7 Å². The molecule has 2 aliphatic carbocycles. The molecule has 2 fully saturated rings. The van der Waals surface area contributed by atoms with Gasteiger partial charge in [-0.05, 0) is 62.5 Å². The average molecular weight is 229 g/mol. The van der Waals surface area contributed by atoms with Gasteiger partial charge in [0.15, 0.2) is 0 Å². The van der Waals surface area contributed by atoms with Crippen molar-refractivity contribution in [2.24, 2.45) is 11.8 Å². The van der Waals surface area contributed by atoms with Crippen LogP contribution < -0.4 is 5.32 Å². The first-order valence-electron chi connectivity index (χ1n) is 7.21. The highest BCUT2D eigenvalue weighted by molar-refractivity contribution is 5.14. The Morgan fingerprint density at radius 3 is 2.24 bits per heavy atom. The van der Waals surface area contributed by atoms with Crippen molar-refractivity contribution in [2.75, 3.05) is 6.54 Å². The van der Waals surface area contributed by atoms with Crippen LogP contribution >= 0.6 is 0 Å². The lowest BCUT2D eigenvalue weighted by Crippen LogP contribution is -2.33. The maximum atomic E-state index is 3.81. The largest absolute Gasteiger partial charge is 0.313 e. The summed E-state index contributed by atoms with van der Waals surface area (Å²) in [5.41, 5.74) is 1.48. The van der Waals surface area contributed by atoms with Gasteiger partial charge in [-0.1, -0.05) is 30.3 Å². The highest BCUT2D eigenvalue weighted by Gasteiger charge is 2.40. The van der Waals surface area contributed by atoms with Crippen molar-refractivity contribution in [1.82, 2.24) is 5.32 Å². The molecular weight excluding hydrogens is 206 g/mol. The molecule has 1 aromatic rings. The molecule has 0 radical (unpaired) electrons. The molecule has 0 heterocycles. The maximum absolute atomic E-state index is 3.81. The van der Waals surface area contributed by atoms with Crippen LogP contribution in [0.25, 0.3) is 0 Å². The summed E-state index contributed by atoms with van der Waals surface area (Å²) in [5.74, 6) is 2.05. The minimum Gasteiger partial charge on any atom is -0.313 e. The topological polar surface area (TPSA) is 12.0 Å². The molecule has 0 amide bonds. The molecule has 0 aliphatic heterocycles. The van der Waals surface area contributed by atoms with Crippen molar-refractivity contribution < 1.29 is 0 Å². The zero-order chi connectivity index (χ0) is 11.5. The standard InChI is InChI=1S/C16H23N/c1-2-5-13(6-3-1)7-4-12-17-16(14-8-9-14)15-10-11-15/h1-3,5-6,14-17H,4,7-12H2. The Morgan fingerprint density at radius 1 is 1.00 bits per heavy atom. The molecule has 1 heteroatoms. The fraction of sp³-hybridized carbons (Fsp3) is 0.625. The second-order valence-electron chi connectivity index (χ2n) is 5.74. The lowest BCUT2D eigenvalue weighted by Gasteiger charge is -2.17. The molecule has 0 bridgehead atoms. The van der Waals surface area contributed by atoms with E-state index in [9.17, 15) is 0 Å². The monoisotopic (exact) mass is 229 g/mol. The van der Waals surface area contributed by atoms with Crippen molar-refractivity contribution in [3.05, 3.63) is 35.9 Å². The Balaban J connectivity index is 1.37. The van der Waals surface area contributed by atoms with Gasteiger partial charge in [0, 0.05) is 6.04 Å². The fourth-order valence-corrected chi connectivity index (χ4v) is 2.83. The summed E-state index contributed by atoms with van der Waals surface area (Å²) >= 11 is 0. The molecular formula is C16H23N. The van der Waals surface area contributed by atoms with Crippen molar-refractivity contribution in [2.45, 2.75) is 44.6 Å². The summed E-state index contributed by atoms with van der Waals surface area (Å²) in [6.45, 7) is 1.20. The van der Waals surface area contributed by atoms with Gasteiger partial charge < -0.3 is 5.32 Å². The van der Waals surface area contributed by atoms with Crippen LogP contribution in [0, 0.1) is 11.8 Å². The predicted octanol–water partition coefficient (Wildman–Crippen LogP) is 3.40. The first-order chi connectivity index (χ1) is 8.43. The Bertz CT molecular complexity index is 326. The molecule has 92 valence electrons. The normalized spacial score (nSPS) is 19.8. The van der Waals surface area contributed by atoms with Gasteiger partial charge in [0.05, 0.1) is 0 Å². The fourth-order valence-electron chi connectivity index (χ4n) is 2.83. The third kappa shape index (κ3) is 3.32. The van der Waals surface area contributed by atoms with Gasteiger partial charge >= 0.3 is 0 Å². The van der Waals surface area contributed by atoms with E-state index in [2.05, 4.69) is 35.6 Å². The van der Waals surface area contributed by atoms with Gasteiger partial charge in [-0.15, -0.1) is 0 Å². The Morgan fingerprint density at radius 2 is 1.65 bits per heavy atom. The summed E-state index contributed by atoms with van der Waals surface area (Å²) in [5, 5.41) is 3.81. The minimum absolute atomic E-state index is 0.866. The molecule has 0 saturated heterocycles. The summed E-state index contributed by atoms with van der Waals surface area (Å²) in [4.78, 5) is 0. The molecule has 0 atom stereocenters. The van der Waals surface area contributed by atoms with Crippen LogP contribution in [-0.2, 0) is 6.42 Å². The summed E-state index contributed by atoms with van der Waals surface area (Å²) in [7, 11) is 0. The number of benzene rings is 1. The van der Waals surface area contributed by atoms with E-state index in [-0.39, 0.29) is 0 Å². The van der Waals surface area contributed by atoms with Gasteiger partial charge in [0.2, 0.25) is 0 Å². The lowest BCUT2D eigenvalue weighted by atomic mass is 10.1. The van der Waals surface area contributed by atoms with Gasteiger partial charge in [0.25, 0.3) is 0 Å². The predicted molar refractivity (Wildman–Crippen MR) is 72.0 cm³/mol. The number of hydrogen-bond acceptors (Lipinski definition) is 1. The SMILES string of the molecule is c1ccc(CCCNC(C2CC2)C2CC2)cc1. The van der Waals surface area contributed by atoms with Gasteiger partial charge in [-0.2, -0.15) is 0 Å². The number of rotatable bonds is 7. The minimum atomic E-state index is 0.866. The van der Waals surface area contributed by atoms with Crippen LogP contribution in [0.5, 0.6) is 0 Å². The molecule has 2 aliphatic rings. The van der Waals surface area contributed by atoms with E-state index in [4.69, 9.17) is 0 Å². The third-order valence-corrected chi connectivity index (χ3v) is 4.12. The van der Waals surface area contributed by atoms with Crippen molar-refractivity contribution in [1.29, 1.82) is 0 Å². The summed E-state index contributed by atoms with van der Waals surface area (Å²) < 4.78 is 0. The van der Waals surface area contributed by atoms with Gasteiger partial charge in [0.1, 0.15) is 0 Å². The first kappa shape index (κ1) is 11.3. The second-order valence-corrected chi connectivity index (χ2v) is 5.74. The molecule has 0 unspecified atom stereocenters. The third-order valence-electron chi connectivity index (χ3n) is 4.12. The molecule has 0 spiro atoms. The van der Waals surface area contributed by atoms with E-state index in [1.807, 2.05) is 0 Å². The van der Waals surface area contributed by atoms with Crippen LogP contribution in [0.2, 0.25) is 0 Å². The first-order valence-corrected chi connectivity index (χ1v) is 7.21. The zero-order valence-corrected chi connectivity index (χ0v) is 10.6. The van der Waals surface area contributed by atoms with Crippen molar-refractivity contribution >= 4 is 0 Å². The number of nitrogens with one attached hydrogen (secondary N) is 1. The highest BCUT2D eigenvalue weighted by Crippen LogP contribution is 2.44. The molecule has 1 N–H and O–H groups in total. The van der Waals surface area contributed by atoms with E-state index in [1.165, 1.54) is 50.6 Å². The smallest absolute Gasteiger partial charge is 0.0124 e. The van der Waals surface area contributed by atoms with E-state index in [0.717, 1.165) is 17.9 Å². The Kier molecular flexibility index (Phi) is 3.46. The van der Waals surface area contributed by atoms with E-state index < -0.39 is 0 Å². The second kappa shape index (κ2) is 5.22. The van der Waals surface area contributed by atoms with Crippen molar-refractivity contribution in [3.63, 3.8) is 0 Å². The Hall–Kier alpha value is -0.820. The van der Waals surface area contributed by atoms with E-state index in [0.29, 0.717) is 0 Å². The molecule has 1 nitrogen and oxygen atoms in total. The molecule has 2 saturated carbocycles. The molecule has 3 rings (SSSR count). The van der Waals surface area contributed by atoms with Crippen LogP contribution in [0.15, 0.2) is 30.3 Å². The molecule has 0 aromatic heterocycles. The number of hydrogen-bond donors (Lipinski definition) is 1. The quantitative estimate of drug-likeness (QED) is 0.707. The number of aryl methyl sites for hydroxylation is 1. The van der Waals surface area contributed by atoms with Gasteiger partial charge in [-0.3, -0.25) is 0 Å². The summed E-state index contributed by atoms with van der Waals surface area (Å²) in [6, 6.07) is 11.7. The van der Waals surface area contributed by atoms with Crippen molar-refractivity contribution in [3.8, 4) is 0 Å². The summed E-state index contributed by atoms with van der Waals surface area (Å²) in [6.07, 6.45) is 8.41.